The van der Waals surface area contributed by atoms with Crippen LogP contribution >= 0.6 is 22.9 Å². The number of hydrogen-bond donors (Lipinski definition) is 1. The summed E-state index contributed by atoms with van der Waals surface area (Å²) >= 11 is 7.34. The molecular formula is C12H16ClNO2S. The number of hydrogen-bond acceptors (Lipinski definition) is 3. The molecule has 0 aliphatic rings. The third-order valence-electron chi connectivity index (χ3n) is 2.46. The summed E-state index contributed by atoms with van der Waals surface area (Å²) in [6.45, 7) is 6.68. The lowest BCUT2D eigenvalue weighted by Crippen LogP contribution is -2.40. The Morgan fingerprint density at radius 3 is 2.82 bits per heavy atom. The van der Waals surface area contributed by atoms with E-state index in [1.165, 1.54) is 11.3 Å². The van der Waals surface area contributed by atoms with Crippen molar-refractivity contribution < 1.29 is 9.90 Å². The zero-order chi connectivity index (χ0) is 12.8. The first-order valence-corrected chi connectivity index (χ1v) is 6.59. The Balaban J connectivity index is 2.77. The summed E-state index contributed by atoms with van der Waals surface area (Å²) in [5.74, 6) is -0.794. The number of halogens is 1. The maximum absolute atomic E-state index is 11.1. The lowest BCUT2D eigenvalue weighted by Gasteiger charge is -2.26. The number of carboxylic acids is 1. The van der Waals surface area contributed by atoms with Gasteiger partial charge in [-0.1, -0.05) is 24.6 Å². The Morgan fingerprint density at radius 1 is 1.71 bits per heavy atom. The third-order valence-corrected chi connectivity index (χ3v) is 3.68. The Kier molecular flexibility index (Phi) is 5.68. The number of rotatable bonds is 7. The van der Waals surface area contributed by atoms with Crippen molar-refractivity contribution in [2.24, 2.45) is 0 Å². The van der Waals surface area contributed by atoms with Gasteiger partial charge in [0.2, 0.25) is 0 Å². The minimum Gasteiger partial charge on any atom is -0.480 e. The number of carbonyl (C=O) groups is 1. The van der Waals surface area contributed by atoms with Crippen molar-refractivity contribution in [1.82, 2.24) is 4.90 Å². The number of thiophene rings is 1. The third kappa shape index (κ3) is 4.15. The van der Waals surface area contributed by atoms with Crippen LogP contribution in [-0.2, 0) is 11.3 Å². The first-order chi connectivity index (χ1) is 8.08. The molecule has 0 aromatic carbocycles. The van der Waals surface area contributed by atoms with E-state index in [-0.39, 0.29) is 0 Å². The van der Waals surface area contributed by atoms with E-state index in [2.05, 4.69) is 6.58 Å². The van der Waals surface area contributed by atoms with Crippen LogP contribution in [0.1, 0.15) is 18.2 Å². The number of aliphatic carboxylic acids is 1. The Labute approximate surface area is 110 Å². The summed E-state index contributed by atoms with van der Waals surface area (Å²) in [7, 11) is 0. The van der Waals surface area contributed by atoms with Gasteiger partial charge in [-0.3, -0.25) is 9.69 Å². The summed E-state index contributed by atoms with van der Waals surface area (Å²) in [6, 6.07) is 3.28. The van der Waals surface area contributed by atoms with Gasteiger partial charge in [-0.15, -0.1) is 17.9 Å². The molecule has 1 aromatic rings. The van der Waals surface area contributed by atoms with Gasteiger partial charge >= 0.3 is 5.97 Å². The molecule has 1 unspecified atom stereocenters. The van der Waals surface area contributed by atoms with Gasteiger partial charge in [0.1, 0.15) is 6.04 Å². The van der Waals surface area contributed by atoms with Gasteiger partial charge in [-0.25, -0.2) is 0 Å². The lowest BCUT2D eigenvalue weighted by molar-refractivity contribution is -0.143. The molecule has 1 atom stereocenters. The van der Waals surface area contributed by atoms with Crippen molar-refractivity contribution in [2.75, 3.05) is 6.54 Å². The summed E-state index contributed by atoms with van der Waals surface area (Å²) in [6.07, 6.45) is 2.29. The van der Waals surface area contributed by atoms with Gasteiger partial charge in [0, 0.05) is 18.0 Å². The van der Waals surface area contributed by atoms with Gasteiger partial charge in [0.05, 0.1) is 4.34 Å². The lowest BCUT2D eigenvalue weighted by atomic mass is 10.2. The van der Waals surface area contributed by atoms with E-state index in [9.17, 15) is 4.79 Å². The molecule has 1 aromatic heterocycles. The largest absolute Gasteiger partial charge is 0.480 e. The molecule has 0 saturated carbocycles. The Morgan fingerprint density at radius 2 is 2.41 bits per heavy atom. The van der Waals surface area contributed by atoms with Gasteiger partial charge in [-0.2, -0.15) is 0 Å². The summed E-state index contributed by atoms with van der Waals surface area (Å²) in [5, 5.41) is 9.15. The van der Waals surface area contributed by atoms with Crippen LogP contribution in [0.4, 0.5) is 0 Å². The van der Waals surface area contributed by atoms with Crippen molar-refractivity contribution >= 4 is 28.9 Å². The topological polar surface area (TPSA) is 40.5 Å². The molecular weight excluding hydrogens is 258 g/mol. The van der Waals surface area contributed by atoms with E-state index in [0.717, 1.165) is 9.21 Å². The van der Waals surface area contributed by atoms with Gasteiger partial charge in [-0.05, 0) is 18.6 Å². The van der Waals surface area contributed by atoms with Crippen LogP contribution in [0.15, 0.2) is 24.8 Å². The zero-order valence-corrected chi connectivity index (χ0v) is 11.3. The SMILES string of the molecule is C=CCN(Cc1ccc(Cl)s1)C(CC)C(=O)O. The van der Waals surface area contributed by atoms with E-state index >= 15 is 0 Å². The smallest absolute Gasteiger partial charge is 0.320 e. The molecule has 0 fully saturated rings. The zero-order valence-electron chi connectivity index (χ0n) is 9.73. The molecule has 1 N–H and O–H groups in total. The molecule has 0 spiro atoms. The first kappa shape index (κ1) is 14.2. The minimum absolute atomic E-state index is 0.478. The summed E-state index contributed by atoms with van der Waals surface area (Å²) in [4.78, 5) is 14.1. The molecule has 0 aliphatic carbocycles. The highest BCUT2D eigenvalue weighted by molar-refractivity contribution is 7.16. The van der Waals surface area contributed by atoms with Crippen molar-refractivity contribution in [2.45, 2.75) is 25.9 Å². The molecule has 0 bridgehead atoms. The summed E-state index contributed by atoms with van der Waals surface area (Å²) in [5.41, 5.74) is 0. The molecule has 94 valence electrons. The first-order valence-electron chi connectivity index (χ1n) is 5.40. The van der Waals surface area contributed by atoms with Crippen LogP contribution in [0.3, 0.4) is 0 Å². The molecule has 0 aliphatic heterocycles. The highest BCUT2D eigenvalue weighted by atomic mass is 35.5. The fourth-order valence-corrected chi connectivity index (χ4v) is 2.81. The Bertz CT molecular complexity index is 392. The van der Waals surface area contributed by atoms with Crippen molar-refractivity contribution in [3.63, 3.8) is 0 Å². The second-order valence-corrected chi connectivity index (χ2v) is 5.49. The monoisotopic (exact) mass is 273 g/mol. The van der Waals surface area contributed by atoms with Crippen molar-refractivity contribution in [3.05, 3.63) is 34.0 Å². The van der Waals surface area contributed by atoms with E-state index in [1.54, 1.807) is 6.08 Å². The van der Waals surface area contributed by atoms with E-state index < -0.39 is 12.0 Å². The minimum atomic E-state index is -0.794. The fourth-order valence-electron chi connectivity index (χ4n) is 1.69. The van der Waals surface area contributed by atoms with Crippen molar-refractivity contribution in [1.29, 1.82) is 0 Å². The summed E-state index contributed by atoms with van der Waals surface area (Å²) < 4.78 is 0.724. The predicted molar refractivity (Wildman–Crippen MR) is 71.7 cm³/mol. The maximum atomic E-state index is 11.1. The fraction of sp³-hybridized carbons (Fsp3) is 0.417. The average Bonchev–Trinajstić information content (AvgIpc) is 2.64. The van der Waals surface area contributed by atoms with Crippen molar-refractivity contribution in [3.8, 4) is 0 Å². The van der Waals surface area contributed by atoms with Crippen LogP contribution in [-0.4, -0.2) is 28.6 Å². The molecule has 0 amide bonds. The van der Waals surface area contributed by atoms with E-state index in [1.807, 2.05) is 24.0 Å². The van der Waals surface area contributed by atoms with Gasteiger partial charge in [0.25, 0.3) is 0 Å². The van der Waals surface area contributed by atoms with E-state index in [4.69, 9.17) is 16.7 Å². The van der Waals surface area contributed by atoms with E-state index in [0.29, 0.717) is 19.5 Å². The molecule has 1 heterocycles. The predicted octanol–water partition coefficient (Wildman–Crippen LogP) is 3.25. The van der Waals surface area contributed by atoms with Gasteiger partial charge in [0.15, 0.2) is 0 Å². The Hall–Kier alpha value is -0.840. The second-order valence-electron chi connectivity index (χ2n) is 3.69. The molecule has 1 rings (SSSR count). The maximum Gasteiger partial charge on any atom is 0.320 e. The molecule has 0 saturated heterocycles. The molecule has 0 radical (unpaired) electrons. The highest BCUT2D eigenvalue weighted by Crippen LogP contribution is 2.23. The van der Waals surface area contributed by atoms with Crippen LogP contribution < -0.4 is 0 Å². The molecule has 5 heteroatoms. The van der Waals surface area contributed by atoms with Crippen LogP contribution in [0, 0.1) is 0 Å². The standard InChI is InChI=1S/C12H16ClNO2S/c1-3-7-14(10(4-2)12(15)16)8-9-5-6-11(13)17-9/h3,5-6,10H,1,4,7-8H2,2H3,(H,15,16). The normalized spacial score (nSPS) is 12.6. The highest BCUT2D eigenvalue weighted by Gasteiger charge is 2.23. The number of carboxylic acid groups (broad SMARTS) is 1. The molecule has 3 nitrogen and oxygen atoms in total. The van der Waals surface area contributed by atoms with Gasteiger partial charge < -0.3 is 5.11 Å². The number of nitrogens with zero attached hydrogens (tertiary/aromatic N) is 1. The molecule has 17 heavy (non-hydrogen) atoms. The second kappa shape index (κ2) is 6.79. The van der Waals surface area contributed by atoms with Crippen LogP contribution in [0.2, 0.25) is 4.34 Å². The van der Waals surface area contributed by atoms with Crippen LogP contribution in [0.5, 0.6) is 0 Å². The quantitative estimate of drug-likeness (QED) is 0.776. The van der Waals surface area contributed by atoms with Crippen LogP contribution in [0.25, 0.3) is 0 Å². The average molecular weight is 274 g/mol.